The van der Waals surface area contributed by atoms with Gasteiger partial charge in [-0.15, -0.1) is 0 Å². The van der Waals surface area contributed by atoms with Gasteiger partial charge in [0.15, 0.2) is 0 Å². The topological polar surface area (TPSA) is 52.8 Å². The Morgan fingerprint density at radius 1 is 1.19 bits per heavy atom. The van der Waals surface area contributed by atoms with Crippen LogP contribution >= 0.6 is 12.2 Å². The van der Waals surface area contributed by atoms with Gasteiger partial charge in [-0.25, -0.2) is 0 Å². The molecule has 0 atom stereocenters. The number of hydrogen-bond acceptors (Lipinski definition) is 4. The van der Waals surface area contributed by atoms with E-state index in [4.69, 9.17) is 18.0 Å². The van der Waals surface area contributed by atoms with Crippen molar-refractivity contribution in [2.45, 2.75) is 0 Å². The maximum Gasteiger partial charge on any atom is 0.236 e. The highest BCUT2D eigenvalue weighted by molar-refractivity contribution is 7.80. The van der Waals surface area contributed by atoms with E-state index >= 15 is 0 Å². The summed E-state index contributed by atoms with van der Waals surface area (Å²) < 4.78 is 0. The van der Waals surface area contributed by atoms with Crippen LogP contribution in [0.1, 0.15) is 0 Å². The number of likely N-dealkylation sites (N-methyl/N-ethyl adjacent to an activating group) is 1. The SMILES string of the molecule is CN(C)C(=O)CN1CCN(CC(N)=S)CC1. The molecule has 0 unspecified atom stereocenters. The molecule has 0 radical (unpaired) electrons. The van der Waals surface area contributed by atoms with Crippen LogP contribution in [0.15, 0.2) is 0 Å². The largest absolute Gasteiger partial charge is 0.392 e. The minimum Gasteiger partial charge on any atom is -0.392 e. The van der Waals surface area contributed by atoms with Crippen LogP contribution in [-0.2, 0) is 4.79 Å². The second-order valence-electron chi connectivity index (χ2n) is 4.31. The fraction of sp³-hybridized carbons (Fsp3) is 0.800. The number of nitrogens with zero attached hydrogens (tertiary/aromatic N) is 3. The zero-order chi connectivity index (χ0) is 12.1. The van der Waals surface area contributed by atoms with Gasteiger partial charge in [0.1, 0.15) is 0 Å². The number of hydrogen-bond donors (Lipinski definition) is 1. The third-order valence-electron chi connectivity index (χ3n) is 2.70. The van der Waals surface area contributed by atoms with Gasteiger partial charge < -0.3 is 10.6 Å². The number of amides is 1. The van der Waals surface area contributed by atoms with Crippen molar-refractivity contribution in [2.24, 2.45) is 5.73 Å². The molecule has 5 nitrogen and oxygen atoms in total. The molecule has 92 valence electrons. The Bertz CT molecular complexity index is 262. The first-order valence-electron chi connectivity index (χ1n) is 5.42. The highest BCUT2D eigenvalue weighted by Gasteiger charge is 2.19. The lowest BCUT2D eigenvalue weighted by Crippen LogP contribution is -2.50. The summed E-state index contributed by atoms with van der Waals surface area (Å²) >= 11 is 4.87. The van der Waals surface area contributed by atoms with Crippen molar-refractivity contribution in [2.75, 3.05) is 53.4 Å². The molecule has 0 aliphatic carbocycles. The van der Waals surface area contributed by atoms with E-state index in [9.17, 15) is 4.79 Å². The molecule has 0 spiro atoms. The van der Waals surface area contributed by atoms with E-state index in [0.717, 1.165) is 26.2 Å². The van der Waals surface area contributed by atoms with Gasteiger partial charge in [0.25, 0.3) is 0 Å². The summed E-state index contributed by atoms with van der Waals surface area (Å²) in [6.07, 6.45) is 0. The molecule has 0 bridgehead atoms. The van der Waals surface area contributed by atoms with Crippen molar-refractivity contribution >= 4 is 23.1 Å². The van der Waals surface area contributed by atoms with Crippen LogP contribution in [-0.4, -0.2) is 79.0 Å². The summed E-state index contributed by atoms with van der Waals surface area (Å²) in [5, 5.41) is 0. The van der Waals surface area contributed by atoms with E-state index in [-0.39, 0.29) is 5.91 Å². The lowest BCUT2D eigenvalue weighted by Gasteiger charge is -2.34. The molecule has 16 heavy (non-hydrogen) atoms. The highest BCUT2D eigenvalue weighted by atomic mass is 32.1. The van der Waals surface area contributed by atoms with E-state index in [1.165, 1.54) is 0 Å². The van der Waals surface area contributed by atoms with Gasteiger partial charge in [-0.05, 0) is 0 Å². The van der Waals surface area contributed by atoms with E-state index in [2.05, 4.69) is 9.80 Å². The zero-order valence-corrected chi connectivity index (χ0v) is 10.8. The van der Waals surface area contributed by atoms with Crippen molar-refractivity contribution in [3.63, 3.8) is 0 Å². The lowest BCUT2D eigenvalue weighted by atomic mass is 10.3. The Labute approximate surface area is 102 Å². The average molecular weight is 244 g/mol. The van der Waals surface area contributed by atoms with Crippen LogP contribution in [0.5, 0.6) is 0 Å². The molecule has 1 amide bonds. The van der Waals surface area contributed by atoms with Crippen molar-refractivity contribution in [1.82, 2.24) is 14.7 Å². The fourth-order valence-electron chi connectivity index (χ4n) is 1.66. The molecule has 1 aliphatic rings. The van der Waals surface area contributed by atoms with Gasteiger partial charge in [0.05, 0.1) is 11.5 Å². The molecular weight excluding hydrogens is 224 g/mol. The number of carbonyl (C=O) groups is 1. The first-order chi connectivity index (χ1) is 7.49. The van der Waals surface area contributed by atoms with Gasteiger partial charge >= 0.3 is 0 Å². The summed E-state index contributed by atoms with van der Waals surface area (Å²) in [5.74, 6) is 0.155. The zero-order valence-electron chi connectivity index (χ0n) is 9.98. The summed E-state index contributed by atoms with van der Waals surface area (Å²) in [7, 11) is 3.57. The molecule has 1 fully saturated rings. The molecule has 1 saturated heterocycles. The molecule has 1 aliphatic heterocycles. The minimum absolute atomic E-state index is 0.155. The van der Waals surface area contributed by atoms with Gasteiger partial charge in [0.2, 0.25) is 5.91 Å². The van der Waals surface area contributed by atoms with Gasteiger partial charge in [-0.3, -0.25) is 14.6 Å². The molecule has 1 rings (SSSR count). The normalized spacial score (nSPS) is 18.4. The number of nitrogens with two attached hydrogens (primary N) is 1. The van der Waals surface area contributed by atoms with Crippen molar-refractivity contribution in [3.8, 4) is 0 Å². The Morgan fingerprint density at radius 2 is 1.62 bits per heavy atom. The number of piperazine rings is 1. The van der Waals surface area contributed by atoms with E-state index in [0.29, 0.717) is 18.1 Å². The van der Waals surface area contributed by atoms with E-state index in [1.54, 1.807) is 19.0 Å². The first-order valence-corrected chi connectivity index (χ1v) is 5.83. The molecule has 0 aromatic heterocycles. The summed E-state index contributed by atoms with van der Waals surface area (Å²) in [6.45, 7) is 4.86. The highest BCUT2D eigenvalue weighted by Crippen LogP contribution is 2.01. The van der Waals surface area contributed by atoms with Gasteiger partial charge in [-0.1, -0.05) is 12.2 Å². The van der Waals surface area contributed by atoms with E-state index < -0.39 is 0 Å². The Balaban J connectivity index is 2.27. The average Bonchev–Trinajstić information content (AvgIpc) is 2.20. The number of rotatable bonds is 4. The fourth-order valence-corrected chi connectivity index (χ4v) is 1.84. The van der Waals surface area contributed by atoms with Crippen LogP contribution in [0.2, 0.25) is 0 Å². The Morgan fingerprint density at radius 3 is 2.00 bits per heavy atom. The summed E-state index contributed by atoms with van der Waals surface area (Å²) in [4.78, 5) is 18.1. The standard InChI is InChI=1S/C10H20N4OS/c1-12(2)10(15)8-14-5-3-13(4-6-14)7-9(11)16/h3-8H2,1-2H3,(H2,11,16). The molecule has 0 saturated carbocycles. The maximum absolute atomic E-state index is 11.5. The van der Waals surface area contributed by atoms with Crippen LogP contribution in [0, 0.1) is 0 Å². The molecule has 1 heterocycles. The molecule has 0 aromatic carbocycles. The smallest absolute Gasteiger partial charge is 0.236 e. The van der Waals surface area contributed by atoms with Crippen LogP contribution in [0.4, 0.5) is 0 Å². The van der Waals surface area contributed by atoms with Crippen molar-refractivity contribution in [1.29, 1.82) is 0 Å². The Hall–Kier alpha value is -0.720. The molecule has 6 heteroatoms. The number of carbonyl (C=O) groups excluding carboxylic acids is 1. The third-order valence-corrected chi connectivity index (χ3v) is 2.83. The predicted molar refractivity (Wildman–Crippen MR) is 68.4 cm³/mol. The summed E-state index contributed by atoms with van der Waals surface area (Å²) in [6, 6.07) is 0. The van der Waals surface area contributed by atoms with Gasteiger partial charge in [0, 0.05) is 46.8 Å². The van der Waals surface area contributed by atoms with Crippen LogP contribution < -0.4 is 5.73 Å². The monoisotopic (exact) mass is 244 g/mol. The van der Waals surface area contributed by atoms with Gasteiger partial charge in [-0.2, -0.15) is 0 Å². The molecular formula is C10H20N4OS. The van der Waals surface area contributed by atoms with Crippen molar-refractivity contribution < 1.29 is 4.79 Å². The maximum atomic E-state index is 11.5. The minimum atomic E-state index is 0.155. The first kappa shape index (κ1) is 13.3. The second kappa shape index (κ2) is 6.12. The quantitative estimate of drug-likeness (QED) is 0.642. The lowest BCUT2D eigenvalue weighted by molar-refractivity contribution is -0.130. The Kier molecular flexibility index (Phi) is 5.11. The van der Waals surface area contributed by atoms with Crippen molar-refractivity contribution in [3.05, 3.63) is 0 Å². The number of thiocarbonyl (C=S) groups is 1. The van der Waals surface area contributed by atoms with E-state index in [1.807, 2.05) is 0 Å². The summed E-state index contributed by atoms with van der Waals surface area (Å²) in [5.41, 5.74) is 5.49. The van der Waals surface area contributed by atoms with Crippen LogP contribution in [0.3, 0.4) is 0 Å². The molecule has 2 N–H and O–H groups in total. The molecule has 0 aromatic rings. The second-order valence-corrected chi connectivity index (χ2v) is 4.83. The predicted octanol–water partition coefficient (Wildman–Crippen LogP) is -1.02. The van der Waals surface area contributed by atoms with Crippen LogP contribution in [0.25, 0.3) is 0 Å². The third kappa shape index (κ3) is 4.42.